The van der Waals surface area contributed by atoms with Crippen molar-refractivity contribution in [2.24, 2.45) is 0 Å². The van der Waals surface area contributed by atoms with Crippen LogP contribution < -0.4 is 0 Å². The van der Waals surface area contributed by atoms with Crippen LogP contribution in [0.15, 0.2) is 16.6 Å². The Labute approximate surface area is 94.6 Å². The number of nitrogens with zero attached hydrogens (tertiary/aromatic N) is 1. The summed E-state index contributed by atoms with van der Waals surface area (Å²) in [5.74, 6) is -0.693. The number of hydrogen-bond acceptors (Lipinski definition) is 4. The average Bonchev–Trinajstić information content (AvgIpc) is 2.26. The third kappa shape index (κ3) is 2.22. The van der Waals surface area contributed by atoms with E-state index in [-0.39, 0.29) is 16.7 Å². The lowest BCUT2D eigenvalue weighted by Gasteiger charge is -2.05. The van der Waals surface area contributed by atoms with Crippen molar-refractivity contribution < 1.29 is 14.3 Å². The highest BCUT2D eigenvalue weighted by molar-refractivity contribution is 9.10. The van der Waals surface area contributed by atoms with Crippen LogP contribution in [0.2, 0.25) is 0 Å². The maximum Gasteiger partial charge on any atom is 0.339 e. The van der Waals surface area contributed by atoms with Crippen LogP contribution in [0.5, 0.6) is 0 Å². The molecule has 0 aromatic heterocycles. The van der Waals surface area contributed by atoms with Crippen molar-refractivity contribution in [2.75, 3.05) is 7.11 Å². The van der Waals surface area contributed by atoms with E-state index in [4.69, 9.17) is 5.26 Å². The number of ether oxygens (including phenoxy) is 1. The van der Waals surface area contributed by atoms with Crippen molar-refractivity contribution in [1.82, 2.24) is 0 Å². The van der Waals surface area contributed by atoms with E-state index in [1.54, 1.807) is 0 Å². The van der Waals surface area contributed by atoms with E-state index in [1.807, 2.05) is 6.07 Å². The first kappa shape index (κ1) is 11.4. The number of esters is 1. The van der Waals surface area contributed by atoms with Crippen molar-refractivity contribution >= 4 is 28.2 Å². The summed E-state index contributed by atoms with van der Waals surface area (Å²) in [6.45, 7) is 0. The SMILES string of the molecule is COC(=O)c1c(C#N)cc(Br)cc1C=O. The van der Waals surface area contributed by atoms with Crippen LogP contribution in [0.1, 0.15) is 26.3 Å². The van der Waals surface area contributed by atoms with Gasteiger partial charge in [0.25, 0.3) is 0 Å². The maximum atomic E-state index is 11.3. The first-order chi connectivity index (χ1) is 7.13. The standard InChI is InChI=1S/C10H6BrNO3/c1-15-10(14)9-6(4-12)2-8(11)3-7(9)5-13/h2-3,5H,1H3. The quantitative estimate of drug-likeness (QED) is 0.607. The lowest BCUT2D eigenvalue weighted by molar-refractivity contribution is 0.0598. The second kappa shape index (κ2) is 4.71. The van der Waals surface area contributed by atoms with Crippen molar-refractivity contribution in [1.29, 1.82) is 5.26 Å². The van der Waals surface area contributed by atoms with E-state index >= 15 is 0 Å². The van der Waals surface area contributed by atoms with Crippen molar-refractivity contribution in [3.8, 4) is 6.07 Å². The van der Waals surface area contributed by atoms with Crippen molar-refractivity contribution in [3.05, 3.63) is 33.3 Å². The molecule has 76 valence electrons. The Morgan fingerprint density at radius 1 is 1.60 bits per heavy atom. The van der Waals surface area contributed by atoms with E-state index in [1.165, 1.54) is 19.2 Å². The first-order valence-electron chi connectivity index (χ1n) is 3.91. The van der Waals surface area contributed by atoms with Gasteiger partial charge in [0.05, 0.1) is 18.2 Å². The van der Waals surface area contributed by atoms with Gasteiger partial charge in [-0.25, -0.2) is 4.79 Å². The van der Waals surface area contributed by atoms with E-state index in [2.05, 4.69) is 20.7 Å². The maximum absolute atomic E-state index is 11.3. The number of benzene rings is 1. The second-order valence-electron chi connectivity index (χ2n) is 2.64. The van der Waals surface area contributed by atoms with Crippen LogP contribution in [0.3, 0.4) is 0 Å². The molecule has 0 saturated carbocycles. The Kier molecular flexibility index (Phi) is 3.58. The van der Waals surface area contributed by atoms with Gasteiger partial charge < -0.3 is 4.74 Å². The number of rotatable bonds is 2. The van der Waals surface area contributed by atoms with Crippen LogP contribution in [-0.2, 0) is 4.74 Å². The number of carbonyl (C=O) groups is 2. The third-order valence-corrected chi connectivity index (χ3v) is 2.23. The molecule has 0 spiro atoms. The summed E-state index contributed by atoms with van der Waals surface area (Å²) in [4.78, 5) is 22.1. The van der Waals surface area contributed by atoms with E-state index < -0.39 is 5.97 Å². The minimum Gasteiger partial charge on any atom is -0.465 e. The molecule has 0 bridgehead atoms. The molecule has 0 aliphatic rings. The molecule has 5 heteroatoms. The highest BCUT2D eigenvalue weighted by Gasteiger charge is 2.17. The Balaban J connectivity index is 3.52. The molecule has 0 radical (unpaired) electrons. The van der Waals surface area contributed by atoms with Crippen LogP contribution in [-0.4, -0.2) is 19.4 Å². The molecule has 1 rings (SSSR count). The second-order valence-corrected chi connectivity index (χ2v) is 3.55. The number of carbonyl (C=O) groups excluding carboxylic acids is 2. The molecule has 0 unspecified atom stereocenters. The highest BCUT2D eigenvalue weighted by Crippen LogP contribution is 2.20. The number of aldehydes is 1. The molecule has 0 heterocycles. The molecule has 0 fully saturated rings. The summed E-state index contributed by atoms with van der Waals surface area (Å²) in [7, 11) is 1.19. The third-order valence-electron chi connectivity index (χ3n) is 1.77. The first-order valence-corrected chi connectivity index (χ1v) is 4.70. The molecular formula is C10H6BrNO3. The van der Waals surface area contributed by atoms with E-state index in [9.17, 15) is 9.59 Å². The molecular weight excluding hydrogens is 262 g/mol. The summed E-state index contributed by atoms with van der Waals surface area (Å²) in [5.41, 5.74) is 0.240. The molecule has 4 nitrogen and oxygen atoms in total. The van der Waals surface area contributed by atoms with Gasteiger partial charge in [0, 0.05) is 10.0 Å². The topological polar surface area (TPSA) is 67.2 Å². The number of hydrogen-bond donors (Lipinski definition) is 0. The summed E-state index contributed by atoms with van der Waals surface area (Å²) in [6, 6.07) is 4.75. The van der Waals surface area contributed by atoms with Crippen molar-refractivity contribution in [3.63, 3.8) is 0 Å². The smallest absolute Gasteiger partial charge is 0.339 e. The largest absolute Gasteiger partial charge is 0.465 e. The van der Waals surface area contributed by atoms with Crippen LogP contribution >= 0.6 is 15.9 Å². The molecule has 0 aliphatic carbocycles. The fourth-order valence-corrected chi connectivity index (χ4v) is 1.61. The van der Waals surface area contributed by atoms with Gasteiger partial charge in [-0.05, 0) is 12.1 Å². The predicted octanol–water partition coefficient (Wildman–Crippen LogP) is 1.92. The molecule has 0 saturated heterocycles. The zero-order valence-corrected chi connectivity index (χ0v) is 9.37. The summed E-state index contributed by atoms with van der Waals surface area (Å²) < 4.78 is 5.06. The molecule has 0 aliphatic heterocycles. The van der Waals surface area contributed by atoms with Gasteiger partial charge >= 0.3 is 5.97 Å². The summed E-state index contributed by atoms with van der Waals surface area (Å²) >= 11 is 3.14. The van der Waals surface area contributed by atoms with Crippen LogP contribution in [0.25, 0.3) is 0 Å². The average molecular weight is 268 g/mol. The zero-order chi connectivity index (χ0) is 11.4. The minimum absolute atomic E-state index is 0.00167. The van der Waals surface area contributed by atoms with Gasteiger partial charge in [-0.2, -0.15) is 5.26 Å². The molecule has 0 amide bonds. The Morgan fingerprint density at radius 3 is 2.73 bits per heavy atom. The lowest BCUT2D eigenvalue weighted by atomic mass is 10.0. The van der Waals surface area contributed by atoms with Gasteiger partial charge in [0.15, 0.2) is 6.29 Å². The number of halogens is 1. The highest BCUT2D eigenvalue weighted by atomic mass is 79.9. The Bertz CT molecular complexity index is 462. The van der Waals surface area contributed by atoms with E-state index in [0.717, 1.165) is 0 Å². The lowest BCUT2D eigenvalue weighted by Crippen LogP contribution is -2.08. The summed E-state index contributed by atoms with van der Waals surface area (Å²) in [5, 5.41) is 8.81. The van der Waals surface area contributed by atoms with Gasteiger partial charge in [0.2, 0.25) is 0 Å². The fourth-order valence-electron chi connectivity index (χ4n) is 1.14. The summed E-state index contributed by atoms with van der Waals surface area (Å²) in [6.07, 6.45) is 0.512. The van der Waals surface area contributed by atoms with Crippen LogP contribution in [0.4, 0.5) is 0 Å². The molecule has 1 aromatic rings. The predicted molar refractivity (Wildman–Crippen MR) is 55.6 cm³/mol. The van der Waals surface area contributed by atoms with Gasteiger partial charge in [-0.3, -0.25) is 4.79 Å². The minimum atomic E-state index is -0.693. The fraction of sp³-hybridized carbons (Fsp3) is 0.100. The number of methoxy groups -OCH3 is 1. The number of nitriles is 1. The molecule has 1 aromatic carbocycles. The molecule has 0 N–H and O–H groups in total. The Hall–Kier alpha value is -1.67. The van der Waals surface area contributed by atoms with Crippen LogP contribution in [0, 0.1) is 11.3 Å². The van der Waals surface area contributed by atoms with Crippen molar-refractivity contribution in [2.45, 2.75) is 0 Å². The van der Waals surface area contributed by atoms with E-state index in [0.29, 0.717) is 10.8 Å². The zero-order valence-electron chi connectivity index (χ0n) is 7.78. The normalized spacial score (nSPS) is 9.13. The monoisotopic (exact) mass is 267 g/mol. The van der Waals surface area contributed by atoms with Gasteiger partial charge in [-0.1, -0.05) is 15.9 Å². The van der Waals surface area contributed by atoms with Gasteiger partial charge in [0.1, 0.15) is 6.07 Å². The molecule has 0 atom stereocenters. The molecule has 15 heavy (non-hydrogen) atoms. The Morgan fingerprint density at radius 2 is 2.27 bits per heavy atom. The van der Waals surface area contributed by atoms with Gasteiger partial charge in [-0.15, -0.1) is 0 Å².